The lowest BCUT2D eigenvalue weighted by Gasteiger charge is -2.29. The SMILES string of the molecule is CC.CC.CC/C(=C\C(C)NC)C1=Cc2nc(-n3cc(-c4cccc(C)c4)cn3)nc(N3CCOCC3)c2C1.CCCC(C)CC. The molecule has 0 radical (unpaired) electrons. The Bertz CT molecular complexity index is 1370. The maximum absolute atomic E-state index is 5.62. The Morgan fingerprint density at radius 1 is 1.02 bits per heavy atom. The van der Waals surface area contributed by atoms with Gasteiger partial charge in [0, 0.05) is 42.9 Å². The third-order valence-corrected chi connectivity index (χ3v) is 8.31. The van der Waals surface area contributed by atoms with Gasteiger partial charge in [0.2, 0.25) is 0 Å². The molecule has 254 valence electrons. The van der Waals surface area contributed by atoms with Gasteiger partial charge in [0.25, 0.3) is 5.95 Å². The smallest absolute Gasteiger partial charge is 0.253 e. The minimum Gasteiger partial charge on any atom is -0.378 e. The standard InChI is InChI=1S/C28H34N6O.C7H16.2C2H6/c1-5-21(14-20(3)29-4)23-15-25-26(16-23)31-28(32-27(25)33-9-11-35-12-10-33)34-18-24(17-30-34)22-8-6-7-19(2)13-22;1-4-6-7(3)5-2;2*1-2/h6-8,13-14,16-18,20,29H,5,9-12,15H2,1-4H3;7H,4-6H2,1-3H3;2*1-2H3/b21-14+;;;. The third kappa shape index (κ3) is 10.9. The molecule has 0 spiro atoms. The topological polar surface area (TPSA) is 68.1 Å². The molecule has 2 unspecified atom stereocenters. The van der Waals surface area contributed by atoms with Crippen LogP contribution in [-0.2, 0) is 11.2 Å². The lowest BCUT2D eigenvalue weighted by atomic mass is 9.99. The maximum Gasteiger partial charge on any atom is 0.253 e. The Labute approximate surface area is 280 Å². The Morgan fingerprint density at radius 2 is 1.74 bits per heavy atom. The summed E-state index contributed by atoms with van der Waals surface area (Å²) >= 11 is 0. The van der Waals surface area contributed by atoms with Crippen LogP contribution < -0.4 is 10.2 Å². The molecule has 46 heavy (non-hydrogen) atoms. The molecule has 7 heteroatoms. The number of rotatable bonds is 10. The molecule has 0 amide bonds. The van der Waals surface area contributed by atoms with Gasteiger partial charge in [0.15, 0.2) is 0 Å². The highest BCUT2D eigenvalue weighted by molar-refractivity contribution is 5.72. The van der Waals surface area contributed by atoms with Crippen molar-refractivity contribution in [1.29, 1.82) is 0 Å². The van der Waals surface area contributed by atoms with Crippen molar-refractivity contribution in [3.8, 4) is 17.1 Å². The van der Waals surface area contributed by atoms with Gasteiger partial charge in [-0.2, -0.15) is 10.1 Å². The molecule has 3 heterocycles. The summed E-state index contributed by atoms with van der Waals surface area (Å²) in [5.74, 6) is 2.56. The molecule has 1 aliphatic heterocycles. The van der Waals surface area contributed by atoms with Gasteiger partial charge in [-0.25, -0.2) is 9.67 Å². The molecule has 2 atom stereocenters. The van der Waals surface area contributed by atoms with Gasteiger partial charge >= 0.3 is 0 Å². The van der Waals surface area contributed by atoms with E-state index >= 15 is 0 Å². The first kappa shape index (κ1) is 38.9. The van der Waals surface area contributed by atoms with Crippen LogP contribution in [0.4, 0.5) is 5.82 Å². The van der Waals surface area contributed by atoms with E-state index in [-0.39, 0.29) is 0 Å². The molecule has 0 saturated carbocycles. The van der Waals surface area contributed by atoms with Crippen LogP contribution >= 0.6 is 0 Å². The number of ether oxygens (including phenoxy) is 1. The van der Waals surface area contributed by atoms with Crippen LogP contribution in [-0.4, -0.2) is 59.1 Å². The monoisotopic (exact) mass is 630 g/mol. The molecule has 7 nitrogen and oxygen atoms in total. The van der Waals surface area contributed by atoms with Gasteiger partial charge in [-0.3, -0.25) is 0 Å². The highest BCUT2D eigenvalue weighted by Crippen LogP contribution is 2.36. The van der Waals surface area contributed by atoms with Crippen molar-refractivity contribution in [2.45, 2.75) is 107 Å². The van der Waals surface area contributed by atoms with Crippen molar-refractivity contribution in [2.75, 3.05) is 38.3 Å². The van der Waals surface area contributed by atoms with Crippen LogP contribution in [0.3, 0.4) is 0 Å². The number of fused-ring (bicyclic) bond motifs is 1. The number of nitrogens with one attached hydrogen (secondary N) is 1. The van der Waals surface area contributed by atoms with E-state index in [4.69, 9.17) is 14.7 Å². The molecular weight excluding hydrogens is 568 g/mol. The lowest BCUT2D eigenvalue weighted by molar-refractivity contribution is 0.122. The number of hydrogen-bond acceptors (Lipinski definition) is 6. The fourth-order valence-electron chi connectivity index (χ4n) is 5.46. The summed E-state index contributed by atoms with van der Waals surface area (Å²) < 4.78 is 7.42. The molecule has 1 aromatic carbocycles. The van der Waals surface area contributed by atoms with Crippen molar-refractivity contribution < 1.29 is 4.74 Å². The minimum atomic E-state index is 0.319. The zero-order valence-corrected chi connectivity index (χ0v) is 30.8. The van der Waals surface area contributed by atoms with E-state index in [0.29, 0.717) is 25.2 Å². The lowest BCUT2D eigenvalue weighted by Crippen LogP contribution is -2.37. The summed E-state index contributed by atoms with van der Waals surface area (Å²) in [7, 11) is 2.00. The Balaban J connectivity index is 0.000000587. The van der Waals surface area contributed by atoms with Crippen LogP contribution in [0.2, 0.25) is 0 Å². The van der Waals surface area contributed by atoms with E-state index < -0.39 is 0 Å². The third-order valence-electron chi connectivity index (χ3n) is 8.31. The van der Waals surface area contributed by atoms with Crippen molar-refractivity contribution in [3.05, 3.63) is 70.7 Å². The molecule has 1 saturated heterocycles. The zero-order valence-electron chi connectivity index (χ0n) is 30.8. The normalized spacial score (nSPS) is 15.2. The van der Waals surface area contributed by atoms with Crippen LogP contribution in [0.15, 0.2) is 53.9 Å². The molecule has 1 fully saturated rings. The number of allylic oxidation sites excluding steroid dienone is 2. The van der Waals surface area contributed by atoms with Crippen molar-refractivity contribution in [3.63, 3.8) is 0 Å². The highest BCUT2D eigenvalue weighted by atomic mass is 16.5. The number of morpholine rings is 1. The average molecular weight is 631 g/mol. The number of aromatic nitrogens is 4. The van der Waals surface area contributed by atoms with E-state index in [1.807, 2.05) is 47.1 Å². The van der Waals surface area contributed by atoms with Crippen molar-refractivity contribution in [1.82, 2.24) is 25.1 Å². The molecule has 0 bridgehead atoms. The van der Waals surface area contributed by atoms with Crippen LogP contribution in [0.1, 0.15) is 105 Å². The summed E-state index contributed by atoms with van der Waals surface area (Å²) in [6, 6.07) is 8.77. The van der Waals surface area contributed by atoms with E-state index in [9.17, 15) is 0 Å². The Hall–Kier alpha value is -3.29. The van der Waals surface area contributed by atoms with Gasteiger partial charge in [-0.1, -0.05) is 111 Å². The first-order valence-electron chi connectivity index (χ1n) is 17.8. The largest absolute Gasteiger partial charge is 0.378 e. The quantitative estimate of drug-likeness (QED) is 0.241. The Morgan fingerprint density at radius 3 is 2.33 bits per heavy atom. The molecular formula is C39H62N6O. The van der Waals surface area contributed by atoms with E-state index in [2.05, 4.69) is 93.3 Å². The number of anilines is 1. The van der Waals surface area contributed by atoms with Crippen LogP contribution in [0, 0.1) is 12.8 Å². The molecule has 3 aromatic rings. The molecule has 1 aliphatic carbocycles. The number of hydrogen-bond donors (Lipinski definition) is 1. The van der Waals surface area contributed by atoms with Gasteiger partial charge in [0.1, 0.15) is 5.82 Å². The second kappa shape index (κ2) is 20.8. The van der Waals surface area contributed by atoms with E-state index in [1.54, 1.807) is 4.68 Å². The van der Waals surface area contributed by atoms with Crippen molar-refractivity contribution >= 4 is 11.9 Å². The molecule has 2 aromatic heterocycles. The number of benzene rings is 1. The average Bonchev–Trinajstić information content (AvgIpc) is 3.77. The molecule has 1 N–H and O–H groups in total. The van der Waals surface area contributed by atoms with Crippen molar-refractivity contribution in [2.24, 2.45) is 5.92 Å². The maximum atomic E-state index is 5.62. The van der Waals surface area contributed by atoms with Gasteiger partial charge < -0.3 is 15.0 Å². The molecule has 5 rings (SSSR count). The summed E-state index contributed by atoms with van der Waals surface area (Å²) in [6.07, 6.45) is 14.4. The predicted molar refractivity (Wildman–Crippen MR) is 198 cm³/mol. The van der Waals surface area contributed by atoms with Crippen LogP contribution in [0.5, 0.6) is 0 Å². The molecule has 2 aliphatic rings. The number of likely N-dealkylation sites (N-methyl/N-ethyl adjacent to an activating group) is 1. The Kier molecular flexibility index (Phi) is 17.5. The van der Waals surface area contributed by atoms with Gasteiger partial charge in [-0.15, -0.1) is 0 Å². The summed E-state index contributed by atoms with van der Waals surface area (Å²) in [4.78, 5) is 12.4. The first-order chi connectivity index (χ1) is 22.4. The fourth-order valence-corrected chi connectivity index (χ4v) is 5.46. The fraction of sp³-hybridized carbons (Fsp3) is 0.564. The van der Waals surface area contributed by atoms with Crippen LogP contribution in [0.25, 0.3) is 23.2 Å². The zero-order chi connectivity index (χ0) is 34.1. The predicted octanol–water partition coefficient (Wildman–Crippen LogP) is 9.24. The van der Waals surface area contributed by atoms with E-state index in [1.165, 1.54) is 41.5 Å². The number of aryl methyl sites for hydroxylation is 1. The van der Waals surface area contributed by atoms with Gasteiger partial charge in [-0.05, 0) is 56.0 Å². The summed E-state index contributed by atoms with van der Waals surface area (Å²) in [5.41, 5.74) is 8.31. The van der Waals surface area contributed by atoms with E-state index in [0.717, 1.165) is 54.5 Å². The summed E-state index contributed by atoms with van der Waals surface area (Å²) in [6.45, 7) is 24.4. The first-order valence-corrected chi connectivity index (χ1v) is 17.8. The van der Waals surface area contributed by atoms with Gasteiger partial charge in [0.05, 0.1) is 25.1 Å². The second-order valence-electron chi connectivity index (χ2n) is 11.6. The minimum absolute atomic E-state index is 0.319. The number of nitrogens with zero attached hydrogens (tertiary/aromatic N) is 5. The second-order valence-corrected chi connectivity index (χ2v) is 11.6. The highest BCUT2D eigenvalue weighted by Gasteiger charge is 2.26. The summed E-state index contributed by atoms with van der Waals surface area (Å²) in [5, 5.41) is 7.96.